The lowest BCUT2D eigenvalue weighted by atomic mass is 9.86. The van der Waals surface area contributed by atoms with Crippen molar-refractivity contribution < 1.29 is 14.7 Å². The van der Waals surface area contributed by atoms with E-state index in [1.807, 2.05) is 50.2 Å². The number of aliphatic carboxylic acids is 1. The van der Waals surface area contributed by atoms with Crippen LogP contribution in [0.4, 0.5) is 4.79 Å². The number of aromatic nitrogens is 2. The lowest BCUT2D eigenvalue weighted by Crippen LogP contribution is -2.46. The SMILES string of the molecule is Cc1cccc(CN(Cc2cccc(C)n2)C(=O)NC2CCC(C(=O)O)CC2)n1. The predicted molar refractivity (Wildman–Crippen MR) is 109 cm³/mol. The predicted octanol–water partition coefficient (Wildman–Crippen LogP) is 3.45. The molecule has 2 amide bonds. The van der Waals surface area contributed by atoms with Crippen LogP contribution in [-0.4, -0.2) is 38.0 Å². The summed E-state index contributed by atoms with van der Waals surface area (Å²) in [7, 11) is 0. The Balaban J connectivity index is 1.69. The zero-order valence-electron chi connectivity index (χ0n) is 17.0. The minimum Gasteiger partial charge on any atom is -0.481 e. The van der Waals surface area contributed by atoms with E-state index in [2.05, 4.69) is 15.3 Å². The summed E-state index contributed by atoms with van der Waals surface area (Å²) in [5.41, 5.74) is 3.46. The van der Waals surface area contributed by atoms with Gasteiger partial charge in [0.15, 0.2) is 0 Å². The molecular weight excluding hydrogens is 368 g/mol. The van der Waals surface area contributed by atoms with E-state index in [0.717, 1.165) is 22.8 Å². The van der Waals surface area contributed by atoms with Crippen molar-refractivity contribution in [2.45, 2.75) is 58.7 Å². The number of urea groups is 1. The van der Waals surface area contributed by atoms with E-state index in [1.165, 1.54) is 0 Å². The fourth-order valence-electron chi connectivity index (χ4n) is 3.72. The highest BCUT2D eigenvalue weighted by atomic mass is 16.4. The summed E-state index contributed by atoms with van der Waals surface area (Å²) >= 11 is 0. The molecule has 0 unspecified atom stereocenters. The quantitative estimate of drug-likeness (QED) is 0.780. The lowest BCUT2D eigenvalue weighted by molar-refractivity contribution is -0.142. The number of amides is 2. The Hall–Kier alpha value is -2.96. The van der Waals surface area contributed by atoms with Crippen molar-refractivity contribution >= 4 is 12.0 Å². The fraction of sp³-hybridized carbons (Fsp3) is 0.455. The number of nitrogens with one attached hydrogen (secondary N) is 1. The first kappa shape index (κ1) is 20.8. The fourth-order valence-corrected chi connectivity index (χ4v) is 3.72. The molecule has 0 radical (unpaired) electrons. The van der Waals surface area contributed by atoms with E-state index in [9.17, 15) is 9.59 Å². The molecule has 0 saturated heterocycles. The van der Waals surface area contributed by atoms with E-state index in [-0.39, 0.29) is 18.0 Å². The van der Waals surface area contributed by atoms with Gasteiger partial charge in [0, 0.05) is 17.4 Å². The highest BCUT2D eigenvalue weighted by molar-refractivity contribution is 5.74. The van der Waals surface area contributed by atoms with Crippen molar-refractivity contribution in [2.75, 3.05) is 0 Å². The average Bonchev–Trinajstić information content (AvgIpc) is 2.68. The van der Waals surface area contributed by atoms with Gasteiger partial charge in [-0.25, -0.2) is 4.79 Å². The van der Waals surface area contributed by atoms with Crippen LogP contribution in [0, 0.1) is 19.8 Å². The maximum atomic E-state index is 13.0. The second-order valence-electron chi connectivity index (χ2n) is 7.73. The number of nitrogens with zero attached hydrogens (tertiary/aromatic N) is 3. The van der Waals surface area contributed by atoms with Gasteiger partial charge in [-0.05, 0) is 63.8 Å². The Morgan fingerprint density at radius 2 is 1.48 bits per heavy atom. The van der Waals surface area contributed by atoms with Gasteiger partial charge in [-0.3, -0.25) is 14.8 Å². The minimum absolute atomic E-state index is 0.00321. The number of carboxylic acid groups (broad SMARTS) is 1. The highest BCUT2D eigenvalue weighted by Gasteiger charge is 2.28. The number of pyridine rings is 2. The normalized spacial score (nSPS) is 18.8. The summed E-state index contributed by atoms with van der Waals surface area (Å²) in [5, 5.41) is 12.2. The molecule has 0 aromatic carbocycles. The van der Waals surface area contributed by atoms with Gasteiger partial charge in [0.1, 0.15) is 0 Å². The van der Waals surface area contributed by atoms with Gasteiger partial charge in [-0.2, -0.15) is 0 Å². The smallest absolute Gasteiger partial charge is 0.318 e. The third-order valence-corrected chi connectivity index (χ3v) is 5.29. The first-order chi connectivity index (χ1) is 13.9. The van der Waals surface area contributed by atoms with Crippen molar-refractivity contribution in [1.29, 1.82) is 0 Å². The zero-order chi connectivity index (χ0) is 20.8. The molecule has 0 atom stereocenters. The molecule has 0 spiro atoms. The maximum absolute atomic E-state index is 13.0. The molecule has 7 nitrogen and oxygen atoms in total. The summed E-state index contributed by atoms with van der Waals surface area (Å²) in [4.78, 5) is 35.0. The van der Waals surface area contributed by atoms with Gasteiger partial charge >= 0.3 is 12.0 Å². The second-order valence-corrected chi connectivity index (χ2v) is 7.73. The number of hydrogen-bond donors (Lipinski definition) is 2. The Labute approximate surface area is 171 Å². The van der Waals surface area contributed by atoms with E-state index >= 15 is 0 Å². The monoisotopic (exact) mass is 396 g/mol. The van der Waals surface area contributed by atoms with Crippen LogP contribution in [0.15, 0.2) is 36.4 Å². The molecule has 29 heavy (non-hydrogen) atoms. The lowest BCUT2D eigenvalue weighted by Gasteiger charge is -2.30. The molecule has 2 N–H and O–H groups in total. The molecule has 7 heteroatoms. The molecule has 1 aliphatic rings. The number of rotatable bonds is 6. The summed E-state index contributed by atoms with van der Waals surface area (Å²) in [6.07, 6.45) is 2.56. The van der Waals surface area contributed by atoms with Gasteiger partial charge in [-0.1, -0.05) is 12.1 Å². The van der Waals surface area contributed by atoms with Crippen molar-refractivity contribution in [1.82, 2.24) is 20.2 Å². The van der Waals surface area contributed by atoms with E-state index in [0.29, 0.717) is 38.8 Å². The van der Waals surface area contributed by atoms with Crippen LogP contribution in [-0.2, 0) is 17.9 Å². The van der Waals surface area contributed by atoms with Crippen LogP contribution in [0.3, 0.4) is 0 Å². The van der Waals surface area contributed by atoms with E-state index < -0.39 is 5.97 Å². The molecule has 2 heterocycles. The number of carbonyl (C=O) groups excluding carboxylic acids is 1. The van der Waals surface area contributed by atoms with E-state index in [4.69, 9.17) is 5.11 Å². The second kappa shape index (κ2) is 9.49. The van der Waals surface area contributed by atoms with Gasteiger partial charge in [0.2, 0.25) is 0 Å². The number of hydrogen-bond acceptors (Lipinski definition) is 4. The zero-order valence-corrected chi connectivity index (χ0v) is 17.0. The van der Waals surface area contributed by atoms with Crippen LogP contribution >= 0.6 is 0 Å². The Kier molecular flexibility index (Phi) is 6.80. The summed E-state index contributed by atoms with van der Waals surface area (Å²) in [5.74, 6) is -1.04. The van der Waals surface area contributed by atoms with Gasteiger partial charge in [-0.15, -0.1) is 0 Å². The van der Waals surface area contributed by atoms with Crippen LogP contribution in [0.5, 0.6) is 0 Å². The number of aryl methyl sites for hydroxylation is 2. The van der Waals surface area contributed by atoms with Crippen LogP contribution < -0.4 is 5.32 Å². The first-order valence-electron chi connectivity index (χ1n) is 10.0. The van der Waals surface area contributed by atoms with Gasteiger partial charge in [0.25, 0.3) is 0 Å². The average molecular weight is 396 g/mol. The van der Waals surface area contributed by atoms with Crippen molar-refractivity contribution in [3.05, 3.63) is 59.2 Å². The van der Waals surface area contributed by atoms with Gasteiger partial charge < -0.3 is 15.3 Å². The Morgan fingerprint density at radius 3 is 1.93 bits per heavy atom. The highest BCUT2D eigenvalue weighted by Crippen LogP contribution is 2.24. The topological polar surface area (TPSA) is 95.4 Å². The third kappa shape index (κ3) is 6.01. The van der Waals surface area contributed by atoms with Crippen molar-refractivity contribution in [3.8, 4) is 0 Å². The molecule has 1 fully saturated rings. The maximum Gasteiger partial charge on any atom is 0.318 e. The molecule has 0 aliphatic heterocycles. The molecule has 2 aromatic rings. The third-order valence-electron chi connectivity index (χ3n) is 5.29. The molecule has 154 valence electrons. The number of carboxylic acids is 1. The van der Waals surface area contributed by atoms with Crippen LogP contribution in [0.25, 0.3) is 0 Å². The molecule has 2 aromatic heterocycles. The summed E-state index contributed by atoms with van der Waals surface area (Å²) < 4.78 is 0. The van der Waals surface area contributed by atoms with Crippen molar-refractivity contribution in [2.24, 2.45) is 5.92 Å². The van der Waals surface area contributed by atoms with Crippen molar-refractivity contribution in [3.63, 3.8) is 0 Å². The Bertz CT molecular complexity index is 815. The molecule has 3 rings (SSSR count). The van der Waals surface area contributed by atoms with Crippen LogP contribution in [0.1, 0.15) is 48.5 Å². The molecule has 0 bridgehead atoms. The Morgan fingerprint density at radius 1 is 0.966 bits per heavy atom. The largest absolute Gasteiger partial charge is 0.481 e. The van der Waals surface area contributed by atoms with E-state index in [1.54, 1.807) is 4.90 Å². The van der Waals surface area contributed by atoms with Gasteiger partial charge in [0.05, 0.1) is 30.4 Å². The molecule has 1 aliphatic carbocycles. The standard InChI is InChI=1S/C22H28N4O3/c1-15-5-3-7-19(23-15)13-26(14-20-8-4-6-16(2)24-20)22(29)25-18-11-9-17(10-12-18)21(27)28/h3-8,17-18H,9-14H2,1-2H3,(H,25,29)(H,27,28). The van der Waals surface area contributed by atoms with Crippen LogP contribution in [0.2, 0.25) is 0 Å². The molecule has 1 saturated carbocycles. The number of carbonyl (C=O) groups is 2. The summed E-state index contributed by atoms with van der Waals surface area (Å²) in [6, 6.07) is 11.4. The molecular formula is C22H28N4O3. The summed E-state index contributed by atoms with van der Waals surface area (Å²) in [6.45, 7) is 4.62. The minimum atomic E-state index is -0.743. The first-order valence-corrected chi connectivity index (χ1v) is 10.0.